The molecular formula is C11H17N3OS. The van der Waals surface area contributed by atoms with Gasteiger partial charge in [-0.2, -0.15) is 0 Å². The fourth-order valence-electron chi connectivity index (χ4n) is 1.88. The van der Waals surface area contributed by atoms with Crippen molar-refractivity contribution >= 4 is 22.7 Å². The van der Waals surface area contributed by atoms with Crippen molar-refractivity contribution < 1.29 is 4.79 Å². The van der Waals surface area contributed by atoms with Crippen LogP contribution in [-0.4, -0.2) is 37.5 Å². The van der Waals surface area contributed by atoms with Crippen molar-refractivity contribution in [3.63, 3.8) is 0 Å². The van der Waals surface area contributed by atoms with Crippen LogP contribution in [0.25, 0.3) is 0 Å². The van der Waals surface area contributed by atoms with E-state index in [0.717, 1.165) is 44.1 Å². The van der Waals surface area contributed by atoms with E-state index in [1.54, 1.807) is 11.3 Å². The first-order chi connectivity index (χ1) is 7.79. The van der Waals surface area contributed by atoms with Crippen LogP contribution in [0.15, 0.2) is 6.07 Å². The van der Waals surface area contributed by atoms with Gasteiger partial charge in [-0.25, -0.2) is 0 Å². The van der Waals surface area contributed by atoms with Crippen LogP contribution in [0.2, 0.25) is 0 Å². The predicted octanol–water partition coefficient (Wildman–Crippen LogP) is 1.03. The minimum atomic E-state index is 0.736. The predicted molar refractivity (Wildman–Crippen MR) is 66.9 cm³/mol. The molecule has 0 aromatic carbocycles. The Bertz CT molecular complexity index is 358. The number of nitrogens with one attached hydrogen (secondary N) is 2. The standard InChI is InChI=1S/C11H17N3OS/c1-9-6-11(13-8-15)16-10(9)7-14-4-2-12-3-5-14/h6,8,12H,2-5,7H2,1H3,(H,13,15). The lowest BCUT2D eigenvalue weighted by molar-refractivity contribution is -0.105. The largest absolute Gasteiger partial charge is 0.320 e. The van der Waals surface area contributed by atoms with Crippen molar-refractivity contribution in [3.8, 4) is 0 Å². The summed E-state index contributed by atoms with van der Waals surface area (Å²) in [5, 5.41) is 7.00. The number of amides is 1. The van der Waals surface area contributed by atoms with Crippen molar-refractivity contribution in [2.45, 2.75) is 13.5 Å². The summed E-state index contributed by atoms with van der Waals surface area (Å²) in [6, 6.07) is 2.04. The Morgan fingerprint density at radius 1 is 1.56 bits per heavy atom. The SMILES string of the molecule is Cc1cc(NC=O)sc1CN1CCNCC1. The molecule has 1 aliphatic rings. The fourth-order valence-corrected chi connectivity index (χ4v) is 2.95. The molecule has 16 heavy (non-hydrogen) atoms. The van der Waals surface area contributed by atoms with Crippen molar-refractivity contribution in [2.24, 2.45) is 0 Å². The molecule has 5 heteroatoms. The number of piperazine rings is 1. The maximum atomic E-state index is 10.4. The molecule has 1 aliphatic heterocycles. The molecule has 0 radical (unpaired) electrons. The summed E-state index contributed by atoms with van der Waals surface area (Å²) in [6.07, 6.45) is 0.736. The maximum absolute atomic E-state index is 10.4. The number of hydrogen-bond donors (Lipinski definition) is 2. The van der Waals surface area contributed by atoms with Crippen molar-refractivity contribution in [1.29, 1.82) is 0 Å². The summed E-state index contributed by atoms with van der Waals surface area (Å²) in [4.78, 5) is 14.2. The normalized spacial score (nSPS) is 17.3. The monoisotopic (exact) mass is 239 g/mol. The Morgan fingerprint density at radius 3 is 3.00 bits per heavy atom. The molecule has 2 N–H and O–H groups in total. The summed E-state index contributed by atoms with van der Waals surface area (Å²) in [5.41, 5.74) is 1.27. The van der Waals surface area contributed by atoms with E-state index in [0.29, 0.717) is 0 Å². The Balaban J connectivity index is 1.99. The third-order valence-electron chi connectivity index (χ3n) is 2.80. The molecular weight excluding hydrogens is 222 g/mol. The second-order valence-electron chi connectivity index (χ2n) is 4.01. The van der Waals surface area contributed by atoms with Crippen LogP contribution in [0.4, 0.5) is 5.00 Å². The molecule has 2 heterocycles. The molecule has 88 valence electrons. The molecule has 4 nitrogen and oxygen atoms in total. The van der Waals surface area contributed by atoms with Gasteiger partial charge in [-0.1, -0.05) is 0 Å². The minimum Gasteiger partial charge on any atom is -0.320 e. The Hall–Kier alpha value is -0.910. The zero-order valence-corrected chi connectivity index (χ0v) is 10.3. The summed E-state index contributed by atoms with van der Waals surface area (Å²) >= 11 is 1.67. The quantitative estimate of drug-likeness (QED) is 0.771. The van der Waals surface area contributed by atoms with Gasteiger partial charge in [0.15, 0.2) is 0 Å². The molecule has 0 bridgehead atoms. The van der Waals surface area contributed by atoms with E-state index in [1.807, 2.05) is 6.07 Å². The molecule has 1 amide bonds. The highest BCUT2D eigenvalue weighted by Gasteiger charge is 2.13. The third-order valence-corrected chi connectivity index (χ3v) is 3.95. The minimum absolute atomic E-state index is 0.736. The molecule has 1 fully saturated rings. The molecule has 1 saturated heterocycles. The van der Waals surface area contributed by atoms with Gasteiger partial charge in [-0.15, -0.1) is 11.3 Å². The maximum Gasteiger partial charge on any atom is 0.212 e. The summed E-state index contributed by atoms with van der Waals surface area (Å²) < 4.78 is 0. The number of hydrogen-bond acceptors (Lipinski definition) is 4. The van der Waals surface area contributed by atoms with E-state index in [2.05, 4.69) is 22.5 Å². The van der Waals surface area contributed by atoms with E-state index in [9.17, 15) is 4.79 Å². The summed E-state index contributed by atoms with van der Waals surface area (Å²) in [6.45, 7) is 7.46. The number of carbonyl (C=O) groups is 1. The van der Waals surface area contributed by atoms with E-state index in [-0.39, 0.29) is 0 Å². The van der Waals surface area contributed by atoms with Gasteiger partial charge in [-0.3, -0.25) is 9.69 Å². The van der Waals surface area contributed by atoms with E-state index in [4.69, 9.17) is 0 Å². The second-order valence-corrected chi connectivity index (χ2v) is 5.14. The third kappa shape index (κ3) is 2.81. The van der Waals surface area contributed by atoms with Crippen molar-refractivity contribution in [1.82, 2.24) is 10.2 Å². The first-order valence-electron chi connectivity index (χ1n) is 5.52. The summed E-state index contributed by atoms with van der Waals surface area (Å²) in [7, 11) is 0. The van der Waals surface area contributed by atoms with Gasteiger partial charge in [0, 0.05) is 37.6 Å². The number of aryl methyl sites for hydroxylation is 1. The molecule has 0 atom stereocenters. The number of nitrogens with zero attached hydrogens (tertiary/aromatic N) is 1. The number of thiophene rings is 1. The molecule has 0 aliphatic carbocycles. The molecule has 1 aromatic heterocycles. The van der Waals surface area contributed by atoms with E-state index >= 15 is 0 Å². The molecule has 1 aromatic rings. The van der Waals surface area contributed by atoms with Gasteiger partial charge in [0.1, 0.15) is 0 Å². The van der Waals surface area contributed by atoms with Gasteiger partial charge >= 0.3 is 0 Å². The highest BCUT2D eigenvalue weighted by Crippen LogP contribution is 2.27. The number of anilines is 1. The van der Waals surface area contributed by atoms with Crippen LogP contribution >= 0.6 is 11.3 Å². The topological polar surface area (TPSA) is 44.4 Å². The molecule has 0 saturated carbocycles. The zero-order chi connectivity index (χ0) is 11.4. The van der Waals surface area contributed by atoms with Gasteiger partial charge in [0.2, 0.25) is 6.41 Å². The lowest BCUT2D eigenvalue weighted by atomic mass is 10.2. The van der Waals surface area contributed by atoms with Crippen LogP contribution in [0.3, 0.4) is 0 Å². The fraction of sp³-hybridized carbons (Fsp3) is 0.545. The van der Waals surface area contributed by atoms with Crippen LogP contribution in [0.5, 0.6) is 0 Å². The molecule has 0 unspecified atom stereocenters. The highest BCUT2D eigenvalue weighted by atomic mass is 32.1. The average Bonchev–Trinajstić information content (AvgIpc) is 2.61. The van der Waals surface area contributed by atoms with E-state index in [1.165, 1.54) is 10.4 Å². The van der Waals surface area contributed by atoms with Crippen molar-refractivity contribution in [2.75, 3.05) is 31.5 Å². The average molecular weight is 239 g/mol. The van der Waals surface area contributed by atoms with Crippen LogP contribution in [-0.2, 0) is 11.3 Å². The summed E-state index contributed by atoms with van der Waals surface area (Å²) in [5.74, 6) is 0. The smallest absolute Gasteiger partial charge is 0.212 e. The van der Waals surface area contributed by atoms with Crippen LogP contribution in [0, 0.1) is 6.92 Å². The lowest BCUT2D eigenvalue weighted by Crippen LogP contribution is -2.42. The molecule has 2 rings (SSSR count). The number of rotatable bonds is 4. The van der Waals surface area contributed by atoms with Gasteiger partial charge < -0.3 is 10.6 Å². The number of carbonyl (C=O) groups excluding carboxylic acids is 1. The Labute approximate surface area is 99.6 Å². The molecule has 0 spiro atoms. The first kappa shape index (κ1) is 11.6. The van der Waals surface area contributed by atoms with E-state index < -0.39 is 0 Å². The highest BCUT2D eigenvalue weighted by molar-refractivity contribution is 7.16. The first-order valence-corrected chi connectivity index (χ1v) is 6.34. The van der Waals surface area contributed by atoms with Crippen molar-refractivity contribution in [3.05, 3.63) is 16.5 Å². The Morgan fingerprint density at radius 2 is 2.31 bits per heavy atom. The van der Waals surface area contributed by atoms with Gasteiger partial charge in [0.05, 0.1) is 5.00 Å². The zero-order valence-electron chi connectivity index (χ0n) is 9.45. The van der Waals surface area contributed by atoms with Gasteiger partial charge in [0.25, 0.3) is 0 Å². The van der Waals surface area contributed by atoms with Crippen LogP contribution in [0.1, 0.15) is 10.4 Å². The lowest BCUT2D eigenvalue weighted by Gasteiger charge is -2.26. The van der Waals surface area contributed by atoms with Gasteiger partial charge in [-0.05, 0) is 18.6 Å². The second kappa shape index (κ2) is 5.43. The Kier molecular flexibility index (Phi) is 3.93. The van der Waals surface area contributed by atoms with Crippen LogP contribution < -0.4 is 10.6 Å².